The van der Waals surface area contributed by atoms with Gasteiger partial charge in [0, 0.05) is 31.3 Å². The van der Waals surface area contributed by atoms with Crippen LogP contribution < -0.4 is 11.1 Å². The van der Waals surface area contributed by atoms with Crippen molar-refractivity contribution in [2.75, 3.05) is 27.9 Å². The SMILES string of the molecule is COC1=C2C[C@@H](C)C[C@H](OC)[C@H](O)[C@@H](C)/C=C(\C)[C@H](OC(N)=O)[C@@H](OC)/C=C\C=C(/C)C(=O)NC(=C/C1=N\OCC1CC1)C2=O. The fourth-order valence-electron chi connectivity index (χ4n) is 5.36. The summed E-state index contributed by atoms with van der Waals surface area (Å²) in [6.45, 7) is 7.58. The lowest BCUT2D eigenvalue weighted by molar-refractivity contribution is -0.119. The number of nitrogens with one attached hydrogen (secondary N) is 1. The fraction of sp³-hybridized carbons (Fsp3) is 0.576. The molecule has 1 aliphatic heterocycles. The number of hydrogen-bond acceptors (Lipinski definition) is 10. The van der Waals surface area contributed by atoms with Crippen molar-refractivity contribution < 1.29 is 43.3 Å². The number of nitrogens with zero attached hydrogens (tertiary/aromatic N) is 1. The smallest absolute Gasteiger partial charge is 0.405 e. The van der Waals surface area contributed by atoms with Gasteiger partial charge in [-0.1, -0.05) is 43.3 Å². The Bertz CT molecular complexity index is 1290. The van der Waals surface area contributed by atoms with E-state index in [1.165, 1.54) is 27.4 Å². The third-order valence-corrected chi connectivity index (χ3v) is 8.13. The Balaban J connectivity index is 2.08. The first kappa shape index (κ1) is 35.7. The summed E-state index contributed by atoms with van der Waals surface area (Å²) in [5.74, 6) is -0.754. The first-order valence-electron chi connectivity index (χ1n) is 15.2. The first-order valence-corrected chi connectivity index (χ1v) is 15.2. The first-order chi connectivity index (χ1) is 21.4. The predicted octanol–water partition coefficient (Wildman–Crippen LogP) is 3.62. The number of ketones is 1. The summed E-state index contributed by atoms with van der Waals surface area (Å²) in [6.07, 6.45) is 6.63. The van der Waals surface area contributed by atoms with Crippen LogP contribution in [0.4, 0.5) is 4.79 Å². The second-order valence-corrected chi connectivity index (χ2v) is 11.9. The number of hydrogen-bond donors (Lipinski definition) is 3. The van der Waals surface area contributed by atoms with Crippen molar-refractivity contribution in [2.45, 2.75) is 77.8 Å². The van der Waals surface area contributed by atoms with E-state index in [2.05, 4.69) is 10.5 Å². The van der Waals surface area contributed by atoms with Gasteiger partial charge in [-0.3, -0.25) is 9.59 Å². The summed E-state index contributed by atoms with van der Waals surface area (Å²) in [4.78, 5) is 44.3. The second-order valence-electron chi connectivity index (χ2n) is 11.9. The van der Waals surface area contributed by atoms with Gasteiger partial charge >= 0.3 is 6.09 Å². The van der Waals surface area contributed by atoms with Crippen LogP contribution in [-0.2, 0) is 33.4 Å². The van der Waals surface area contributed by atoms with Crippen LogP contribution in [0, 0.1) is 17.8 Å². The van der Waals surface area contributed by atoms with Gasteiger partial charge < -0.3 is 39.9 Å². The molecule has 0 unspecified atom stereocenters. The minimum Gasteiger partial charge on any atom is -0.494 e. The number of carbonyl (C=O) groups excluding carboxylic acids is 3. The summed E-state index contributed by atoms with van der Waals surface area (Å²) in [5.41, 5.74) is 6.94. The van der Waals surface area contributed by atoms with E-state index in [9.17, 15) is 19.5 Å². The maximum absolute atomic E-state index is 13.8. The highest BCUT2D eigenvalue weighted by Gasteiger charge is 2.34. The van der Waals surface area contributed by atoms with E-state index in [-0.39, 0.29) is 23.8 Å². The molecule has 2 aliphatic carbocycles. The van der Waals surface area contributed by atoms with Gasteiger partial charge in [-0.25, -0.2) is 4.79 Å². The minimum atomic E-state index is -0.987. The normalized spacial score (nSPS) is 32.9. The average Bonchev–Trinajstić information content (AvgIpc) is 3.82. The molecule has 1 heterocycles. The van der Waals surface area contributed by atoms with E-state index in [1.807, 2.05) is 13.8 Å². The molecule has 0 spiro atoms. The monoisotopic (exact) mass is 629 g/mol. The Morgan fingerprint density at radius 2 is 1.84 bits per heavy atom. The molecule has 45 heavy (non-hydrogen) atoms. The maximum Gasteiger partial charge on any atom is 0.405 e. The van der Waals surface area contributed by atoms with E-state index in [4.69, 9.17) is 29.5 Å². The highest BCUT2D eigenvalue weighted by Crippen LogP contribution is 2.31. The summed E-state index contributed by atoms with van der Waals surface area (Å²) >= 11 is 0. The molecule has 6 atom stereocenters. The molecular formula is C33H47N3O9. The highest BCUT2D eigenvalue weighted by atomic mass is 16.6. The highest BCUT2D eigenvalue weighted by molar-refractivity contribution is 6.24. The van der Waals surface area contributed by atoms with Gasteiger partial charge in [-0.15, -0.1) is 0 Å². The van der Waals surface area contributed by atoms with Crippen molar-refractivity contribution >= 4 is 23.5 Å². The number of ether oxygens (including phenoxy) is 4. The molecule has 12 nitrogen and oxygen atoms in total. The van der Waals surface area contributed by atoms with Crippen molar-refractivity contribution in [3.05, 3.63) is 58.6 Å². The van der Waals surface area contributed by atoms with Crippen LogP contribution in [0.3, 0.4) is 0 Å². The molecular weight excluding hydrogens is 582 g/mol. The summed E-state index contributed by atoms with van der Waals surface area (Å²) < 4.78 is 22.4. The zero-order valence-corrected chi connectivity index (χ0v) is 27.2. The van der Waals surface area contributed by atoms with Crippen LogP contribution in [0.25, 0.3) is 0 Å². The maximum atomic E-state index is 13.8. The molecule has 1 fully saturated rings. The molecule has 3 rings (SSSR count). The molecule has 0 saturated heterocycles. The molecule has 3 aliphatic rings. The molecule has 4 N–H and O–H groups in total. The third kappa shape index (κ3) is 9.87. The number of aliphatic hydroxyl groups excluding tert-OH is 1. The van der Waals surface area contributed by atoms with Crippen LogP contribution in [0.1, 0.15) is 53.4 Å². The van der Waals surface area contributed by atoms with Gasteiger partial charge in [0.2, 0.25) is 5.78 Å². The zero-order valence-electron chi connectivity index (χ0n) is 27.2. The lowest BCUT2D eigenvalue weighted by Gasteiger charge is -2.30. The van der Waals surface area contributed by atoms with Crippen LogP contribution in [0.5, 0.6) is 0 Å². The molecule has 2 amide bonds. The van der Waals surface area contributed by atoms with E-state index >= 15 is 0 Å². The summed E-state index contributed by atoms with van der Waals surface area (Å²) in [7, 11) is 4.43. The average molecular weight is 630 g/mol. The number of methoxy groups -OCH3 is 3. The Morgan fingerprint density at radius 3 is 2.44 bits per heavy atom. The zero-order chi connectivity index (χ0) is 33.3. The molecule has 0 aromatic heterocycles. The molecule has 1 saturated carbocycles. The third-order valence-electron chi connectivity index (χ3n) is 8.13. The Morgan fingerprint density at radius 1 is 1.13 bits per heavy atom. The van der Waals surface area contributed by atoms with E-state index in [1.54, 1.807) is 38.2 Å². The quantitative estimate of drug-likeness (QED) is 0.216. The number of oxime groups is 1. The standard InChI is InChI=1S/C33H47N3O9/c1-18-13-23-29(38)24(16-25(31(23)43-7)36-44-17-22-11-12-22)35-32(39)19(2)9-8-10-26(41-5)30(45-33(34)40)21(4)15-20(3)28(37)27(14-18)42-6/h8-10,15-16,18,20,22,26-28,30,37H,11-14,17H2,1-7H3,(H2,34,40)(H,35,39)/b10-8-,19-9+,21-15+,36-25+/t18-,20+,26+,27+,28-,30+/m1/s1. The number of Topliss-reactive ketones (excluding diaryl/α,β-unsaturated/α-hetero) is 1. The van der Waals surface area contributed by atoms with E-state index in [0.717, 1.165) is 12.8 Å². The van der Waals surface area contributed by atoms with Crippen molar-refractivity contribution in [1.29, 1.82) is 0 Å². The van der Waals surface area contributed by atoms with E-state index in [0.29, 0.717) is 41.4 Å². The minimum absolute atomic E-state index is 0.0351. The van der Waals surface area contributed by atoms with Crippen molar-refractivity contribution in [3.8, 4) is 0 Å². The van der Waals surface area contributed by atoms with Crippen LogP contribution in [0.2, 0.25) is 0 Å². The Hall–Kier alpha value is -3.74. The molecule has 12 heteroatoms. The molecule has 0 aromatic carbocycles. The lowest BCUT2D eigenvalue weighted by Crippen LogP contribution is -2.37. The number of primary amides is 1. The van der Waals surface area contributed by atoms with Crippen molar-refractivity contribution in [2.24, 2.45) is 28.6 Å². The molecule has 2 bridgehead atoms. The Kier molecular flexibility index (Phi) is 13.1. The molecule has 248 valence electrons. The largest absolute Gasteiger partial charge is 0.494 e. The van der Waals surface area contributed by atoms with Gasteiger partial charge in [0.25, 0.3) is 5.91 Å². The molecule has 0 radical (unpaired) electrons. The Labute approximate surface area is 265 Å². The fourth-order valence-corrected chi connectivity index (χ4v) is 5.36. The van der Waals surface area contributed by atoms with Gasteiger partial charge in [-0.2, -0.15) is 0 Å². The number of aliphatic hydroxyl groups is 1. The van der Waals surface area contributed by atoms with Crippen LogP contribution >= 0.6 is 0 Å². The summed E-state index contributed by atoms with van der Waals surface area (Å²) in [6, 6.07) is 0. The molecule has 0 aromatic rings. The van der Waals surface area contributed by atoms with Crippen LogP contribution in [-0.4, -0.2) is 81.0 Å². The predicted molar refractivity (Wildman–Crippen MR) is 168 cm³/mol. The number of amides is 2. The number of nitrogens with two attached hydrogens (primary N) is 1. The number of fused-ring (bicyclic) bond motifs is 2. The second kappa shape index (κ2) is 16.5. The van der Waals surface area contributed by atoms with E-state index < -0.39 is 48.1 Å². The summed E-state index contributed by atoms with van der Waals surface area (Å²) in [5, 5.41) is 18.3. The topological polar surface area (TPSA) is 168 Å². The lowest BCUT2D eigenvalue weighted by atomic mass is 9.85. The van der Waals surface area contributed by atoms with Gasteiger partial charge in [0.15, 0.2) is 11.9 Å². The van der Waals surface area contributed by atoms with Gasteiger partial charge in [0.05, 0.1) is 25.0 Å². The number of rotatable bonds is 7. The van der Waals surface area contributed by atoms with Gasteiger partial charge in [-0.05, 0) is 63.0 Å². The van der Waals surface area contributed by atoms with Crippen molar-refractivity contribution in [3.63, 3.8) is 0 Å². The number of carbonyl (C=O) groups is 3. The number of allylic oxidation sites excluding steroid dienone is 4. The van der Waals surface area contributed by atoms with Crippen molar-refractivity contribution in [1.82, 2.24) is 5.32 Å². The van der Waals surface area contributed by atoms with Crippen LogP contribution in [0.15, 0.2) is 63.7 Å². The van der Waals surface area contributed by atoms with Gasteiger partial charge in [0.1, 0.15) is 18.4 Å².